The molecule has 10 nitrogen and oxygen atoms in total. The normalized spacial score (nSPS) is 14.7. The van der Waals surface area contributed by atoms with Crippen LogP contribution >= 0.6 is 0 Å². The van der Waals surface area contributed by atoms with Gasteiger partial charge >= 0.3 is 6.03 Å². The van der Waals surface area contributed by atoms with E-state index >= 15 is 0 Å². The van der Waals surface area contributed by atoms with Crippen LogP contribution in [0.3, 0.4) is 0 Å². The van der Waals surface area contributed by atoms with Gasteiger partial charge in [0.15, 0.2) is 17.4 Å². The van der Waals surface area contributed by atoms with E-state index in [1.807, 2.05) is 19.9 Å². The van der Waals surface area contributed by atoms with Gasteiger partial charge in [0.1, 0.15) is 5.69 Å². The number of urea groups is 1. The second kappa shape index (κ2) is 8.95. The van der Waals surface area contributed by atoms with Gasteiger partial charge in [0.25, 0.3) is 0 Å². The smallest absolute Gasteiger partial charge is 0.320 e. The standard InChI is InChI=1S/C20H26N8O2/c1-3-21-20(29)25-18-12-15(30-26-18)13-27-8-10-28(11-9-27)17-5-4-16(24-14(17)2)19-22-6-7-23-19/h4-7,12H,3,8-11,13H2,1-2H3,(H,22,23)(H2,21,25,26,29). The Balaban J connectivity index is 1.31. The van der Waals surface area contributed by atoms with Crippen LogP contribution in [0.1, 0.15) is 18.4 Å². The first-order valence-corrected chi connectivity index (χ1v) is 10.1. The lowest BCUT2D eigenvalue weighted by Gasteiger charge is -2.36. The highest BCUT2D eigenvalue weighted by molar-refractivity contribution is 5.88. The fraction of sp³-hybridized carbons (Fsp3) is 0.400. The number of carbonyl (C=O) groups excluding carboxylic acids is 1. The molecule has 158 valence electrons. The predicted molar refractivity (Wildman–Crippen MR) is 113 cm³/mol. The zero-order valence-electron chi connectivity index (χ0n) is 17.2. The molecule has 0 spiro atoms. The van der Waals surface area contributed by atoms with Crippen molar-refractivity contribution in [1.29, 1.82) is 0 Å². The second-order valence-corrected chi connectivity index (χ2v) is 7.16. The number of nitrogens with zero attached hydrogens (tertiary/aromatic N) is 5. The highest BCUT2D eigenvalue weighted by Gasteiger charge is 2.21. The largest absolute Gasteiger partial charge is 0.368 e. The first-order valence-electron chi connectivity index (χ1n) is 10.1. The third-order valence-corrected chi connectivity index (χ3v) is 5.03. The number of carbonyl (C=O) groups is 1. The molecule has 0 saturated carbocycles. The van der Waals surface area contributed by atoms with Gasteiger partial charge in [-0.1, -0.05) is 5.16 Å². The molecule has 0 atom stereocenters. The monoisotopic (exact) mass is 410 g/mol. The Labute approximate surface area is 174 Å². The highest BCUT2D eigenvalue weighted by atomic mass is 16.5. The van der Waals surface area contributed by atoms with E-state index in [1.165, 1.54) is 0 Å². The summed E-state index contributed by atoms with van der Waals surface area (Å²) in [4.78, 5) is 28.3. The molecule has 3 aromatic heterocycles. The number of aromatic nitrogens is 4. The number of imidazole rings is 1. The van der Waals surface area contributed by atoms with Gasteiger partial charge in [0.2, 0.25) is 0 Å². The van der Waals surface area contributed by atoms with Gasteiger partial charge in [-0.25, -0.2) is 14.8 Å². The summed E-state index contributed by atoms with van der Waals surface area (Å²) in [5.74, 6) is 1.94. The summed E-state index contributed by atoms with van der Waals surface area (Å²) < 4.78 is 5.36. The first kappa shape index (κ1) is 19.9. The molecular weight excluding hydrogens is 384 g/mol. The van der Waals surface area contributed by atoms with Crippen molar-refractivity contribution in [3.05, 3.63) is 42.0 Å². The van der Waals surface area contributed by atoms with E-state index in [2.05, 4.69) is 41.6 Å². The van der Waals surface area contributed by atoms with E-state index in [9.17, 15) is 4.79 Å². The molecule has 30 heavy (non-hydrogen) atoms. The minimum absolute atomic E-state index is 0.284. The molecule has 0 unspecified atom stereocenters. The average molecular weight is 410 g/mol. The third-order valence-electron chi connectivity index (χ3n) is 5.03. The Bertz CT molecular complexity index is 977. The molecule has 1 fully saturated rings. The molecule has 3 N–H and O–H groups in total. The van der Waals surface area contributed by atoms with E-state index in [1.54, 1.807) is 18.5 Å². The minimum Gasteiger partial charge on any atom is -0.368 e. The van der Waals surface area contributed by atoms with Crippen molar-refractivity contribution in [3.8, 4) is 11.5 Å². The number of anilines is 2. The highest BCUT2D eigenvalue weighted by Crippen LogP contribution is 2.24. The molecule has 1 aliphatic rings. The molecule has 4 rings (SSSR count). The van der Waals surface area contributed by atoms with Gasteiger partial charge in [-0.3, -0.25) is 10.2 Å². The van der Waals surface area contributed by atoms with Gasteiger partial charge < -0.3 is 19.7 Å². The third kappa shape index (κ3) is 4.60. The van der Waals surface area contributed by atoms with Crippen LogP contribution < -0.4 is 15.5 Å². The summed E-state index contributed by atoms with van der Waals surface area (Å²) >= 11 is 0. The van der Waals surface area contributed by atoms with Crippen LogP contribution in [0, 0.1) is 6.92 Å². The van der Waals surface area contributed by atoms with Gasteiger partial charge in [0.05, 0.1) is 17.9 Å². The van der Waals surface area contributed by atoms with Crippen molar-refractivity contribution < 1.29 is 9.32 Å². The van der Waals surface area contributed by atoms with Gasteiger partial charge in [-0.2, -0.15) is 0 Å². The molecule has 0 radical (unpaired) electrons. The van der Waals surface area contributed by atoms with Crippen molar-refractivity contribution in [1.82, 2.24) is 30.3 Å². The second-order valence-electron chi connectivity index (χ2n) is 7.16. The van der Waals surface area contributed by atoms with Crippen molar-refractivity contribution in [3.63, 3.8) is 0 Å². The number of pyridine rings is 1. The van der Waals surface area contributed by atoms with Gasteiger partial charge in [-0.05, 0) is 26.0 Å². The van der Waals surface area contributed by atoms with E-state index < -0.39 is 0 Å². The zero-order chi connectivity index (χ0) is 20.9. The molecule has 10 heteroatoms. The van der Waals surface area contributed by atoms with Crippen molar-refractivity contribution in [2.24, 2.45) is 0 Å². The maximum absolute atomic E-state index is 11.6. The predicted octanol–water partition coefficient (Wildman–Crippen LogP) is 2.23. The number of nitrogens with one attached hydrogen (secondary N) is 3. The fourth-order valence-corrected chi connectivity index (χ4v) is 3.56. The Kier molecular flexibility index (Phi) is 5.94. The van der Waals surface area contributed by atoms with Crippen LogP contribution in [0.4, 0.5) is 16.3 Å². The van der Waals surface area contributed by atoms with Crippen molar-refractivity contribution in [2.45, 2.75) is 20.4 Å². The van der Waals surface area contributed by atoms with Gasteiger partial charge in [-0.15, -0.1) is 0 Å². The molecule has 3 aromatic rings. The number of rotatable bonds is 6. The molecule has 0 bridgehead atoms. The Morgan fingerprint density at radius 1 is 1.27 bits per heavy atom. The number of aromatic amines is 1. The molecule has 4 heterocycles. The van der Waals surface area contributed by atoms with Crippen LogP contribution in [-0.2, 0) is 6.54 Å². The summed E-state index contributed by atoms with van der Waals surface area (Å²) in [6, 6.07) is 5.60. The first-order chi connectivity index (χ1) is 14.6. The lowest BCUT2D eigenvalue weighted by Crippen LogP contribution is -2.46. The zero-order valence-corrected chi connectivity index (χ0v) is 17.2. The molecule has 0 aliphatic carbocycles. The van der Waals surface area contributed by atoms with Crippen LogP contribution in [0.25, 0.3) is 11.5 Å². The summed E-state index contributed by atoms with van der Waals surface area (Å²) in [5, 5.41) is 9.22. The molecule has 1 saturated heterocycles. The summed E-state index contributed by atoms with van der Waals surface area (Å²) in [7, 11) is 0. The Morgan fingerprint density at radius 2 is 2.10 bits per heavy atom. The number of aryl methyl sites for hydroxylation is 1. The van der Waals surface area contributed by atoms with E-state index in [0.29, 0.717) is 18.9 Å². The number of piperazine rings is 1. The number of hydrogen-bond donors (Lipinski definition) is 3. The van der Waals surface area contributed by atoms with Crippen LogP contribution in [0.15, 0.2) is 35.1 Å². The Hall–Kier alpha value is -3.40. The SMILES string of the molecule is CCNC(=O)Nc1cc(CN2CCN(c3ccc(-c4ncc[nH]4)nc3C)CC2)on1. The number of H-pyrrole nitrogens is 1. The van der Waals surface area contributed by atoms with Gasteiger partial charge in [0, 0.05) is 51.2 Å². The number of hydrogen-bond acceptors (Lipinski definition) is 7. The van der Waals surface area contributed by atoms with E-state index in [4.69, 9.17) is 9.51 Å². The Morgan fingerprint density at radius 3 is 2.80 bits per heavy atom. The quantitative estimate of drug-likeness (QED) is 0.571. The van der Waals surface area contributed by atoms with Crippen LogP contribution in [-0.4, -0.2) is 63.8 Å². The maximum Gasteiger partial charge on any atom is 0.320 e. The summed E-state index contributed by atoms with van der Waals surface area (Å²) in [6.07, 6.45) is 3.53. The summed E-state index contributed by atoms with van der Waals surface area (Å²) in [6.45, 7) is 8.72. The lowest BCUT2D eigenvalue weighted by molar-refractivity contribution is 0.220. The molecular formula is C20H26N8O2. The topological polar surface area (TPSA) is 115 Å². The fourth-order valence-electron chi connectivity index (χ4n) is 3.56. The molecule has 0 aromatic carbocycles. The maximum atomic E-state index is 11.6. The van der Waals surface area contributed by atoms with Crippen LogP contribution in [0.5, 0.6) is 0 Å². The minimum atomic E-state index is -0.284. The van der Waals surface area contributed by atoms with E-state index in [-0.39, 0.29) is 6.03 Å². The van der Waals surface area contributed by atoms with Crippen LogP contribution in [0.2, 0.25) is 0 Å². The summed E-state index contributed by atoms with van der Waals surface area (Å²) in [5.41, 5.74) is 2.99. The molecule has 1 aliphatic heterocycles. The number of amides is 2. The van der Waals surface area contributed by atoms with Crippen molar-refractivity contribution >= 4 is 17.5 Å². The molecule has 2 amide bonds. The average Bonchev–Trinajstić information content (AvgIpc) is 3.41. The van der Waals surface area contributed by atoms with E-state index in [0.717, 1.165) is 54.8 Å². The lowest BCUT2D eigenvalue weighted by atomic mass is 10.2. The van der Waals surface area contributed by atoms with Crippen molar-refractivity contribution in [2.75, 3.05) is 42.9 Å².